The molecule has 0 bridgehead atoms. The molecule has 0 saturated carbocycles. The Balaban J connectivity index is 0.731. The van der Waals surface area contributed by atoms with E-state index in [0.29, 0.717) is 27.8 Å². The van der Waals surface area contributed by atoms with Crippen molar-refractivity contribution < 1.29 is 24.0 Å². The summed E-state index contributed by atoms with van der Waals surface area (Å²) in [5.41, 5.74) is 5.07. The Bertz CT molecular complexity index is 2210. The highest BCUT2D eigenvalue weighted by molar-refractivity contribution is 6.33. The number of carbonyl (C=O) groups is 5. The van der Waals surface area contributed by atoms with Gasteiger partial charge in [-0.1, -0.05) is 17.7 Å². The second-order valence-corrected chi connectivity index (χ2v) is 17.2. The summed E-state index contributed by atoms with van der Waals surface area (Å²) < 4.78 is 0. The van der Waals surface area contributed by atoms with Gasteiger partial charge < -0.3 is 19.6 Å². The molecule has 5 amide bonds. The van der Waals surface area contributed by atoms with E-state index < -0.39 is 23.8 Å². The van der Waals surface area contributed by atoms with Crippen molar-refractivity contribution in [3.63, 3.8) is 0 Å². The lowest BCUT2D eigenvalue weighted by atomic mass is 9.77. The van der Waals surface area contributed by atoms with Crippen LogP contribution in [0.25, 0.3) is 4.85 Å². The Kier molecular flexibility index (Phi) is 10.1. The van der Waals surface area contributed by atoms with Crippen LogP contribution < -0.4 is 20.0 Å². The number of likely N-dealkylation sites (tertiary alicyclic amines) is 1. The summed E-state index contributed by atoms with van der Waals surface area (Å²) >= 11 is 6.31. The largest absolute Gasteiger partial charge is 0.372 e. The fraction of sp³-hybridized carbons (Fsp3) is 0.455. The number of anilines is 3. The van der Waals surface area contributed by atoms with Crippen LogP contribution in [0.3, 0.4) is 0 Å². The van der Waals surface area contributed by atoms with E-state index in [9.17, 15) is 24.0 Å². The second kappa shape index (κ2) is 15.4. The highest BCUT2D eigenvalue weighted by Gasteiger charge is 2.45. The third kappa shape index (κ3) is 7.17. The number of nitrogens with zero attached hydrogens (tertiary/aromatic N) is 7. The van der Waals surface area contributed by atoms with Crippen molar-refractivity contribution in [1.82, 2.24) is 20.0 Å². The average Bonchev–Trinajstić information content (AvgIpc) is 3.95. The number of hydrogen-bond donors (Lipinski definition) is 1. The molecule has 0 aliphatic carbocycles. The number of benzene rings is 3. The van der Waals surface area contributed by atoms with E-state index in [4.69, 9.17) is 18.2 Å². The molecule has 6 heterocycles. The predicted molar refractivity (Wildman–Crippen MR) is 221 cm³/mol. The van der Waals surface area contributed by atoms with Crippen molar-refractivity contribution in [2.75, 3.05) is 86.7 Å². The normalized spacial score (nSPS) is 23.5. The van der Waals surface area contributed by atoms with Gasteiger partial charge >= 0.3 is 0 Å². The fourth-order valence-electron chi connectivity index (χ4n) is 9.96. The third-order valence-corrected chi connectivity index (χ3v) is 13.7. The van der Waals surface area contributed by atoms with Gasteiger partial charge in [0, 0.05) is 106 Å². The van der Waals surface area contributed by atoms with Gasteiger partial charge in [0.1, 0.15) is 6.04 Å². The Labute approximate surface area is 343 Å². The molecule has 5 saturated heterocycles. The maximum atomic E-state index is 13.6. The van der Waals surface area contributed by atoms with Crippen molar-refractivity contribution in [1.29, 1.82) is 0 Å². The maximum Gasteiger partial charge on any atom is 0.262 e. The molecule has 3 aromatic rings. The number of rotatable bonds is 7. The third-order valence-electron chi connectivity index (χ3n) is 13.4. The number of hydrogen-bond acceptors (Lipinski definition) is 9. The molecular formula is C44H47ClN8O5. The van der Waals surface area contributed by atoms with Crippen LogP contribution in [-0.2, 0) is 9.59 Å². The van der Waals surface area contributed by atoms with Crippen LogP contribution in [0.15, 0.2) is 60.7 Å². The van der Waals surface area contributed by atoms with Crippen LogP contribution in [0.5, 0.6) is 0 Å². The summed E-state index contributed by atoms with van der Waals surface area (Å²) in [6, 6.07) is 18.2. The Morgan fingerprint density at radius 2 is 1.43 bits per heavy atom. The minimum atomic E-state index is -0.970. The molecule has 0 radical (unpaired) electrons. The van der Waals surface area contributed by atoms with Crippen molar-refractivity contribution in [3.05, 3.63) is 93.8 Å². The summed E-state index contributed by atoms with van der Waals surface area (Å²) in [5.74, 6) is -1.37. The summed E-state index contributed by atoms with van der Waals surface area (Å²) in [6.45, 7) is 17.1. The summed E-state index contributed by atoms with van der Waals surface area (Å²) in [4.78, 5) is 80.3. The number of halogens is 1. The van der Waals surface area contributed by atoms with Crippen molar-refractivity contribution in [3.8, 4) is 0 Å². The number of piperidine rings is 2. The molecule has 1 spiro atoms. The van der Waals surface area contributed by atoms with E-state index in [1.165, 1.54) is 0 Å². The summed E-state index contributed by atoms with van der Waals surface area (Å²) in [5, 5.41) is 2.74. The minimum Gasteiger partial charge on any atom is -0.372 e. The van der Waals surface area contributed by atoms with Gasteiger partial charge in [-0.15, -0.1) is 0 Å². The molecule has 13 nitrogen and oxygen atoms in total. The number of fused-ring (bicyclic) bond motifs is 1. The van der Waals surface area contributed by atoms with E-state index in [0.717, 1.165) is 125 Å². The van der Waals surface area contributed by atoms with E-state index in [2.05, 4.69) is 41.9 Å². The van der Waals surface area contributed by atoms with Gasteiger partial charge in [-0.25, -0.2) is 4.85 Å². The van der Waals surface area contributed by atoms with Gasteiger partial charge in [-0.3, -0.25) is 39.1 Å². The topological polar surface area (TPSA) is 121 Å². The lowest BCUT2D eigenvalue weighted by Gasteiger charge is -2.40. The number of carbonyl (C=O) groups excluding carboxylic acids is 5. The van der Waals surface area contributed by atoms with Crippen LogP contribution in [0, 0.1) is 17.9 Å². The molecular weight excluding hydrogens is 756 g/mol. The highest BCUT2D eigenvalue weighted by Crippen LogP contribution is 2.43. The molecule has 14 heteroatoms. The number of nitrogens with one attached hydrogen (secondary N) is 1. The molecule has 2 atom stereocenters. The van der Waals surface area contributed by atoms with Crippen molar-refractivity contribution in [2.45, 2.75) is 44.6 Å². The minimum absolute atomic E-state index is 0.0947. The van der Waals surface area contributed by atoms with Crippen LogP contribution >= 0.6 is 11.6 Å². The molecule has 6 aliphatic heterocycles. The van der Waals surface area contributed by atoms with E-state index >= 15 is 0 Å². The van der Waals surface area contributed by atoms with Crippen LogP contribution in [0.2, 0.25) is 5.02 Å². The molecule has 300 valence electrons. The molecule has 1 unspecified atom stereocenters. The molecule has 0 aromatic heterocycles. The highest BCUT2D eigenvalue weighted by atomic mass is 35.5. The molecule has 1 N–H and O–H groups in total. The zero-order valence-corrected chi connectivity index (χ0v) is 33.3. The molecule has 3 aromatic carbocycles. The molecule has 9 rings (SSSR count). The molecule has 5 fully saturated rings. The van der Waals surface area contributed by atoms with Gasteiger partial charge in [0.2, 0.25) is 17.5 Å². The van der Waals surface area contributed by atoms with Gasteiger partial charge in [-0.05, 0) is 98.0 Å². The first-order valence-corrected chi connectivity index (χ1v) is 20.8. The Morgan fingerprint density at radius 1 is 0.759 bits per heavy atom. The van der Waals surface area contributed by atoms with Crippen LogP contribution in [0.4, 0.5) is 22.7 Å². The zero-order chi connectivity index (χ0) is 40.1. The number of piperazine rings is 1. The molecule has 58 heavy (non-hydrogen) atoms. The first-order chi connectivity index (χ1) is 28.1. The lowest BCUT2D eigenvalue weighted by Crippen LogP contribution is -2.54. The van der Waals surface area contributed by atoms with Crippen molar-refractivity contribution >= 4 is 63.9 Å². The van der Waals surface area contributed by atoms with Gasteiger partial charge in [0.05, 0.1) is 17.7 Å². The van der Waals surface area contributed by atoms with Gasteiger partial charge in [0.15, 0.2) is 0 Å². The van der Waals surface area contributed by atoms with Crippen LogP contribution in [0.1, 0.15) is 69.6 Å². The Morgan fingerprint density at radius 3 is 2.16 bits per heavy atom. The number of amides is 5. The van der Waals surface area contributed by atoms with Crippen molar-refractivity contribution in [2.24, 2.45) is 11.3 Å². The summed E-state index contributed by atoms with van der Waals surface area (Å²) in [7, 11) is 0. The lowest BCUT2D eigenvalue weighted by molar-refractivity contribution is -0.136. The number of imide groups is 2. The van der Waals surface area contributed by atoms with Crippen LogP contribution in [-0.4, -0.2) is 122 Å². The summed E-state index contributed by atoms with van der Waals surface area (Å²) in [6.07, 6.45) is 4.34. The SMILES string of the molecule is [C-]#[N+]c1ccc(N2CCC3(CCN(C(=O)c4ccc(N5CCN(C[C@@H]6CCN(c7ccc8c(c7)C(=O)N(C7CCC(=O)NC7=O)C8=O)C6)CC5)cc4)C3)CC2)cc1Cl. The maximum absolute atomic E-state index is 13.6. The Hall–Kier alpha value is -5.45. The monoisotopic (exact) mass is 802 g/mol. The average molecular weight is 803 g/mol. The molecule has 6 aliphatic rings. The standard InChI is InChI=1S/C44H47ClN8O5/c1-46-37-9-7-33(25-36(37)45)49-17-13-44(14-18-49)15-19-52(28-44)41(56)30-2-4-31(5-3-30)50-22-20-48(21-23-50)26-29-12-16-51(27-29)32-6-8-34-35(24-32)43(58)53(42(34)57)38-10-11-39(54)47-40(38)55/h2-9,24-25,29,38H,10-23,26-28H2,(H,47,54,55)/t29-,38?/m0/s1. The van der Waals surface area contributed by atoms with E-state index in [1.807, 2.05) is 35.2 Å². The second-order valence-electron chi connectivity index (χ2n) is 16.8. The van der Waals surface area contributed by atoms with E-state index in [-0.39, 0.29) is 30.1 Å². The smallest absolute Gasteiger partial charge is 0.262 e. The predicted octanol–water partition coefficient (Wildman–Crippen LogP) is 5.07. The van der Waals surface area contributed by atoms with Gasteiger partial charge in [-0.2, -0.15) is 0 Å². The van der Waals surface area contributed by atoms with E-state index in [1.54, 1.807) is 18.2 Å². The quantitative estimate of drug-likeness (QED) is 0.258. The van der Waals surface area contributed by atoms with Gasteiger partial charge in [0.25, 0.3) is 17.7 Å². The first-order valence-electron chi connectivity index (χ1n) is 20.5. The first kappa shape index (κ1) is 38.1. The fourth-order valence-corrected chi connectivity index (χ4v) is 10.2. The zero-order valence-electron chi connectivity index (χ0n) is 32.5.